The van der Waals surface area contributed by atoms with Gasteiger partial charge in [-0.2, -0.15) is 0 Å². The van der Waals surface area contributed by atoms with Crippen molar-refractivity contribution in [3.63, 3.8) is 0 Å². The summed E-state index contributed by atoms with van der Waals surface area (Å²) in [5.41, 5.74) is 7.33. The van der Waals surface area contributed by atoms with Crippen LogP contribution in [0, 0.1) is 0 Å². The normalized spacial score (nSPS) is 10.8. The van der Waals surface area contributed by atoms with Gasteiger partial charge in [0.1, 0.15) is 5.75 Å². The van der Waals surface area contributed by atoms with Crippen LogP contribution in [0.25, 0.3) is 0 Å². The van der Waals surface area contributed by atoms with Crippen molar-refractivity contribution in [3.05, 3.63) is 29.8 Å². The Morgan fingerprint density at radius 1 is 1.44 bits per heavy atom. The number of nitrogens with zero attached hydrogens (tertiary/aromatic N) is 1. The van der Waals surface area contributed by atoms with Gasteiger partial charge < -0.3 is 15.6 Å². The molecule has 4 N–H and O–H groups in total. The van der Waals surface area contributed by atoms with Crippen molar-refractivity contribution < 1.29 is 19.4 Å². The van der Waals surface area contributed by atoms with E-state index in [2.05, 4.69) is 9.84 Å². The molecule has 18 heavy (non-hydrogen) atoms. The summed E-state index contributed by atoms with van der Waals surface area (Å²) in [6, 6.07) is 5.91. The summed E-state index contributed by atoms with van der Waals surface area (Å²) < 4.78 is 4.57. The molecule has 0 saturated heterocycles. The molecular weight excluding hydrogens is 238 g/mol. The number of carbonyl (C=O) groups excluding carboxylic acids is 2. The third-order valence-corrected chi connectivity index (χ3v) is 1.91. The molecule has 0 fully saturated rings. The van der Waals surface area contributed by atoms with Crippen LogP contribution in [0.15, 0.2) is 29.4 Å². The van der Waals surface area contributed by atoms with E-state index in [9.17, 15) is 14.7 Å². The maximum atomic E-state index is 11.6. The fourth-order valence-corrected chi connectivity index (χ4v) is 1.09. The second-order valence-corrected chi connectivity index (χ2v) is 3.18. The Labute approximate surface area is 103 Å². The summed E-state index contributed by atoms with van der Waals surface area (Å²) in [5, 5.41) is 12.8. The first-order valence-electron chi connectivity index (χ1n) is 5.15. The molecule has 0 aliphatic heterocycles. The SMILES string of the molecule is CCOC(=O)/C(N)=N\NC(=O)c1ccccc1O. The first-order valence-corrected chi connectivity index (χ1v) is 5.15. The van der Waals surface area contributed by atoms with Crippen LogP contribution in [0.5, 0.6) is 5.75 Å². The van der Waals surface area contributed by atoms with Crippen molar-refractivity contribution in [3.8, 4) is 5.75 Å². The van der Waals surface area contributed by atoms with Crippen molar-refractivity contribution in [1.29, 1.82) is 0 Å². The Bertz CT molecular complexity index is 485. The first-order chi connectivity index (χ1) is 8.56. The molecule has 0 bridgehead atoms. The lowest BCUT2D eigenvalue weighted by atomic mass is 10.2. The van der Waals surface area contributed by atoms with Gasteiger partial charge in [0.25, 0.3) is 5.91 Å². The number of esters is 1. The number of aromatic hydroxyl groups is 1. The number of amides is 1. The van der Waals surface area contributed by atoms with E-state index in [1.165, 1.54) is 12.1 Å². The molecular formula is C11H13N3O4. The molecule has 7 heteroatoms. The quantitative estimate of drug-likeness (QED) is 0.302. The molecule has 0 radical (unpaired) electrons. The molecule has 96 valence electrons. The number of rotatable bonds is 3. The van der Waals surface area contributed by atoms with Crippen LogP contribution in [0.4, 0.5) is 0 Å². The lowest BCUT2D eigenvalue weighted by Gasteiger charge is -2.03. The first kappa shape index (κ1) is 13.5. The van der Waals surface area contributed by atoms with Gasteiger partial charge in [0, 0.05) is 0 Å². The maximum Gasteiger partial charge on any atom is 0.375 e. The molecule has 0 atom stereocenters. The highest BCUT2D eigenvalue weighted by Gasteiger charge is 2.11. The highest BCUT2D eigenvalue weighted by atomic mass is 16.5. The minimum atomic E-state index is -0.824. The molecule has 0 aliphatic carbocycles. The van der Waals surface area contributed by atoms with E-state index in [-0.39, 0.29) is 17.9 Å². The molecule has 0 aliphatic rings. The number of ether oxygens (including phenoxy) is 1. The standard InChI is InChI=1S/C11H13N3O4/c1-2-18-11(17)9(12)13-14-10(16)7-5-3-4-6-8(7)15/h3-6,15H,2H2,1H3,(H2,12,13)(H,14,16). The smallest absolute Gasteiger partial charge is 0.375 e. The zero-order chi connectivity index (χ0) is 13.5. The van der Waals surface area contributed by atoms with Gasteiger partial charge >= 0.3 is 5.97 Å². The Balaban J connectivity index is 2.69. The lowest BCUT2D eigenvalue weighted by Crippen LogP contribution is -2.30. The summed E-state index contributed by atoms with van der Waals surface area (Å²) in [6.45, 7) is 1.77. The zero-order valence-electron chi connectivity index (χ0n) is 9.71. The van der Waals surface area contributed by atoms with Crippen molar-refractivity contribution >= 4 is 17.7 Å². The van der Waals surface area contributed by atoms with Gasteiger partial charge in [-0.3, -0.25) is 4.79 Å². The summed E-state index contributed by atoms with van der Waals surface area (Å²) in [5.74, 6) is -2.17. The second kappa shape index (κ2) is 6.24. The van der Waals surface area contributed by atoms with Crippen LogP contribution < -0.4 is 11.2 Å². The van der Waals surface area contributed by atoms with E-state index in [1.807, 2.05) is 5.43 Å². The largest absolute Gasteiger partial charge is 0.507 e. The highest BCUT2D eigenvalue weighted by molar-refractivity contribution is 6.34. The van der Waals surface area contributed by atoms with Gasteiger partial charge in [0.2, 0.25) is 5.84 Å². The topological polar surface area (TPSA) is 114 Å². The minimum absolute atomic E-state index is 0.0258. The third-order valence-electron chi connectivity index (χ3n) is 1.91. The molecule has 0 heterocycles. The van der Waals surface area contributed by atoms with Crippen LogP contribution in [0.1, 0.15) is 17.3 Å². The fraction of sp³-hybridized carbons (Fsp3) is 0.182. The minimum Gasteiger partial charge on any atom is -0.507 e. The molecule has 0 aromatic heterocycles. The van der Waals surface area contributed by atoms with E-state index < -0.39 is 17.7 Å². The lowest BCUT2D eigenvalue weighted by molar-refractivity contribution is -0.135. The van der Waals surface area contributed by atoms with E-state index in [1.54, 1.807) is 19.1 Å². The van der Waals surface area contributed by atoms with E-state index >= 15 is 0 Å². The monoisotopic (exact) mass is 251 g/mol. The van der Waals surface area contributed by atoms with Crippen molar-refractivity contribution in [2.75, 3.05) is 6.61 Å². The van der Waals surface area contributed by atoms with Crippen LogP contribution in [0.3, 0.4) is 0 Å². The molecule has 1 amide bonds. The van der Waals surface area contributed by atoms with Crippen LogP contribution in [0.2, 0.25) is 0 Å². The molecule has 0 unspecified atom stereocenters. The number of phenolic OH excluding ortho intramolecular Hbond substituents is 1. The molecule has 7 nitrogen and oxygen atoms in total. The third kappa shape index (κ3) is 3.48. The number of hydrazone groups is 1. The van der Waals surface area contributed by atoms with Crippen molar-refractivity contribution in [2.24, 2.45) is 10.8 Å². The number of hydrogen-bond donors (Lipinski definition) is 3. The predicted octanol–water partition coefficient (Wildman–Crippen LogP) is -0.0427. The van der Waals surface area contributed by atoms with E-state index in [0.29, 0.717) is 0 Å². The molecule has 0 saturated carbocycles. The average Bonchev–Trinajstić information content (AvgIpc) is 2.36. The highest BCUT2D eigenvalue weighted by Crippen LogP contribution is 2.14. The Morgan fingerprint density at radius 3 is 2.72 bits per heavy atom. The van der Waals surface area contributed by atoms with Gasteiger partial charge in [-0.25, -0.2) is 10.2 Å². The molecule has 0 spiro atoms. The molecule has 1 aromatic carbocycles. The van der Waals surface area contributed by atoms with Gasteiger partial charge in [0.15, 0.2) is 0 Å². The molecule has 1 rings (SSSR count). The summed E-state index contributed by atoms with van der Waals surface area (Å²) in [6.07, 6.45) is 0. The van der Waals surface area contributed by atoms with Crippen LogP contribution in [-0.4, -0.2) is 29.4 Å². The van der Waals surface area contributed by atoms with Gasteiger partial charge in [-0.1, -0.05) is 12.1 Å². The Hall–Kier alpha value is -2.57. The molecule has 1 aromatic rings. The Morgan fingerprint density at radius 2 is 2.11 bits per heavy atom. The van der Waals surface area contributed by atoms with Crippen molar-refractivity contribution in [2.45, 2.75) is 6.92 Å². The second-order valence-electron chi connectivity index (χ2n) is 3.18. The number of nitrogens with one attached hydrogen (secondary N) is 1. The number of benzene rings is 1. The number of para-hydroxylation sites is 1. The number of hydrogen-bond acceptors (Lipinski definition) is 5. The van der Waals surface area contributed by atoms with E-state index in [4.69, 9.17) is 5.73 Å². The van der Waals surface area contributed by atoms with Crippen molar-refractivity contribution in [1.82, 2.24) is 5.43 Å². The zero-order valence-corrected chi connectivity index (χ0v) is 9.71. The number of nitrogens with two attached hydrogens (primary N) is 1. The number of phenols is 1. The van der Waals surface area contributed by atoms with Gasteiger partial charge in [-0.15, -0.1) is 5.10 Å². The summed E-state index contributed by atoms with van der Waals surface area (Å²) >= 11 is 0. The Kier molecular flexibility index (Phi) is 4.67. The summed E-state index contributed by atoms with van der Waals surface area (Å²) in [7, 11) is 0. The average molecular weight is 251 g/mol. The number of carbonyl (C=O) groups is 2. The summed E-state index contributed by atoms with van der Waals surface area (Å²) in [4.78, 5) is 22.6. The number of amidine groups is 1. The fourth-order valence-electron chi connectivity index (χ4n) is 1.09. The van der Waals surface area contributed by atoms with E-state index in [0.717, 1.165) is 0 Å². The maximum absolute atomic E-state index is 11.6. The van der Waals surface area contributed by atoms with Crippen LogP contribution >= 0.6 is 0 Å². The van der Waals surface area contributed by atoms with Gasteiger partial charge in [0.05, 0.1) is 12.2 Å². The predicted molar refractivity (Wildman–Crippen MR) is 63.8 cm³/mol. The van der Waals surface area contributed by atoms with Crippen LogP contribution in [-0.2, 0) is 9.53 Å². The van der Waals surface area contributed by atoms with Gasteiger partial charge in [-0.05, 0) is 19.1 Å².